The molecule has 0 unspecified atom stereocenters. The Balaban J connectivity index is 0.00000153. The van der Waals surface area contributed by atoms with Crippen molar-refractivity contribution >= 4 is 53.8 Å². The molecule has 1 saturated heterocycles. The van der Waals surface area contributed by atoms with E-state index in [1.165, 1.54) is 0 Å². The molecule has 8 nitrogen and oxygen atoms in total. The van der Waals surface area contributed by atoms with Gasteiger partial charge in [-0.3, -0.25) is 15.0 Å². The molecule has 2 aromatic heterocycles. The Morgan fingerprint density at radius 2 is 1.91 bits per heavy atom. The number of aliphatic imine (C=N–C) groups is 1. The topological polar surface area (TPSA) is 94.6 Å². The number of carbonyl (C=O) groups is 1. The zero-order valence-electron chi connectivity index (χ0n) is 17.9. The maximum absolute atomic E-state index is 12.6. The molecule has 5 rings (SSSR count). The van der Waals surface area contributed by atoms with E-state index in [1.54, 1.807) is 12.3 Å². The van der Waals surface area contributed by atoms with Crippen LogP contribution in [0.15, 0.2) is 65.5 Å². The van der Waals surface area contributed by atoms with Crippen LogP contribution in [-0.4, -0.2) is 59.6 Å². The van der Waals surface area contributed by atoms with E-state index in [0.717, 1.165) is 55.0 Å². The molecule has 0 saturated carbocycles. The molecule has 10 heteroatoms. The van der Waals surface area contributed by atoms with Crippen LogP contribution in [0.4, 0.5) is 0 Å². The van der Waals surface area contributed by atoms with Crippen LogP contribution in [0.3, 0.4) is 0 Å². The van der Waals surface area contributed by atoms with E-state index < -0.39 is 0 Å². The fourth-order valence-corrected chi connectivity index (χ4v) is 3.91. The van der Waals surface area contributed by atoms with Gasteiger partial charge >= 0.3 is 0 Å². The maximum Gasteiger partial charge on any atom is 0.276 e. The molecule has 4 heterocycles. The lowest BCUT2D eigenvalue weighted by molar-refractivity contribution is -0.115. The number of rotatable bonds is 5. The summed E-state index contributed by atoms with van der Waals surface area (Å²) < 4.78 is 5.47. The number of fused-ring (bicyclic) bond motifs is 1. The molecule has 0 aliphatic carbocycles. The molecule has 1 aromatic carbocycles. The molecule has 0 radical (unpaired) electrons. The van der Waals surface area contributed by atoms with Gasteiger partial charge in [0.25, 0.3) is 5.91 Å². The Labute approximate surface area is 204 Å². The number of benzene rings is 1. The van der Waals surface area contributed by atoms with Crippen LogP contribution in [0.5, 0.6) is 0 Å². The average molecular weight is 489 g/mol. The number of ether oxygens (including phenoxy) is 1. The first-order valence-electron chi connectivity index (χ1n) is 10.4. The van der Waals surface area contributed by atoms with Crippen molar-refractivity contribution in [2.75, 3.05) is 32.8 Å². The molecular weight excluding hydrogens is 463 g/mol. The molecule has 0 bridgehead atoms. The minimum atomic E-state index is -0.223. The van der Waals surface area contributed by atoms with Crippen molar-refractivity contribution in [1.82, 2.24) is 25.5 Å². The number of halogens is 2. The predicted molar refractivity (Wildman–Crippen MR) is 134 cm³/mol. The lowest BCUT2D eigenvalue weighted by Crippen LogP contribution is -2.45. The molecule has 3 N–H and O–H groups in total. The molecule has 1 atom stereocenters. The smallest absolute Gasteiger partial charge is 0.276 e. The zero-order chi connectivity index (χ0) is 21.0. The number of guanidine groups is 1. The number of nitrogens with one attached hydrogen (secondary N) is 3. The zero-order valence-corrected chi connectivity index (χ0v) is 19.5. The predicted octanol–water partition coefficient (Wildman–Crippen LogP) is 2.90. The Bertz CT molecular complexity index is 1140. The summed E-state index contributed by atoms with van der Waals surface area (Å²) in [6.45, 7) is 4.07. The Morgan fingerprint density at radius 1 is 1.12 bits per heavy atom. The van der Waals surface area contributed by atoms with Crippen LogP contribution in [0, 0.1) is 0 Å². The van der Waals surface area contributed by atoms with Crippen LogP contribution in [0.1, 0.15) is 17.2 Å². The number of aromatic amines is 1. The highest BCUT2D eigenvalue weighted by molar-refractivity contribution is 6.14. The highest BCUT2D eigenvalue weighted by Gasteiger charge is 2.25. The average Bonchev–Trinajstić information content (AvgIpc) is 3.38. The van der Waals surface area contributed by atoms with Gasteiger partial charge in [-0.05, 0) is 23.8 Å². The SMILES string of the molecule is Cl.Cl.O=C1NC(N[C@H](CN2CCOCC2)c2ccccc2)=N/C1=C\c1c[nH]c2ncccc12. The van der Waals surface area contributed by atoms with E-state index in [4.69, 9.17) is 4.74 Å². The minimum absolute atomic E-state index is 0. The number of nitrogens with zero attached hydrogens (tertiary/aromatic N) is 3. The van der Waals surface area contributed by atoms with Crippen molar-refractivity contribution in [2.45, 2.75) is 6.04 Å². The summed E-state index contributed by atoms with van der Waals surface area (Å²) >= 11 is 0. The first-order valence-corrected chi connectivity index (χ1v) is 10.4. The summed E-state index contributed by atoms with van der Waals surface area (Å²) in [5.41, 5.74) is 3.17. The summed E-state index contributed by atoms with van der Waals surface area (Å²) in [5, 5.41) is 7.25. The van der Waals surface area contributed by atoms with Gasteiger partial charge in [0.2, 0.25) is 5.96 Å². The lowest BCUT2D eigenvalue weighted by Gasteiger charge is -2.31. The summed E-state index contributed by atoms with van der Waals surface area (Å²) in [4.78, 5) is 26.9. The number of hydrogen-bond donors (Lipinski definition) is 3. The Morgan fingerprint density at radius 3 is 2.70 bits per heavy atom. The van der Waals surface area contributed by atoms with Crippen LogP contribution >= 0.6 is 24.8 Å². The van der Waals surface area contributed by atoms with E-state index in [-0.39, 0.29) is 36.8 Å². The molecular formula is C23H26Cl2N6O2. The number of morpholine rings is 1. The number of hydrogen-bond acceptors (Lipinski definition) is 6. The van der Waals surface area contributed by atoms with E-state index in [2.05, 4.69) is 42.6 Å². The second kappa shape index (κ2) is 11.3. The number of H-pyrrole nitrogens is 1. The van der Waals surface area contributed by atoms with Crippen molar-refractivity contribution in [1.29, 1.82) is 0 Å². The van der Waals surface area contributed by atoms with Gasteiger partial charge in [0.05, 0.1) is 19.3 Å². The fourth-order valence-electron chi connectivity index (χ4n) is 3.91. The standard InChI is InChI=1S/C23H24N6O2.2ClH/c30-22-19(13-17-14-25-21-18(17)7-4-8-24-21)26-23(28-22)27-20(16-5-2-1-3-6-16)15-29-9-11-31-12-10-29;;/h1-8,13-14,20H,9-12,15H2,(H,24,25)(H2,26,27,28,30);2*1H/b19-13-;;/t20-;;/m1../s1. The minimum Gasteiger partial charge on any atom is -0.379 e. The van der Waals surface area contributed by atoms with Gasteiger partial charge in [0, 0.05) is 43.0 Å². The van der Waals surface area contributed by atoms with Crippen LogP contribution < -0.4 is 10.6 Å². The van der Waals surface area contributed by atoms with Crippen LogP contribution in [0.25, 0.3) is 17.1 Å². The monoisotopic (exact) mass is 488 g/mol. The number of amides is 1. The highest BCUT2D eigenvalue weighted by atomic mass is 35.5. The third-order valence-electron chi connectivity index (χ3n) is 5.53. The summed E-state index contributed by atoms with van der Waals surface area (Å²) in [6.07, 6.45) is 5.35. The summed E-state index contributed by atoms with van der Waals surface area (Å²) in [6, 6.07) is 14.1. The van der Waals surface area contributed by atoms with Gasteiger partial charge in [0.15, 0.2) is 0 Å². The summed E-state index contributed by atoms with van der Waals surface area (Å²) in [7, 11) is 0. The van der Waals surface area contributed by atoms with Crippen molar-refractivity contribution in [3.8, 4) is 0 Å². The van der Waals surface area contributed by atoms with E-state index >= 15 is 0 Å². The van der Waals surface area contributed by atoms with Gasteiger partial charge < -0.3 is 15.0 Å². The molecule has 2 aliphatic rings. The largest absolute Gasteiger partial charge is 0.379 e. The molecule has 2 aliphatic heterocycles. The van der Waals surface area contributed by atoms with Crippen LogP contribution in [-0.2, 0) is 9.53 Å². The third kappa shape index (κ3) is 5.72. The van der Waals surface area contributed by atoms with E-state index in [0.29, 0.717) is 11.7 Å². The highest BCUT2D eigenvalue weighted by Crippen LogP contribution is 2.21. The molecule has 3 aromatic rings. The van der Waals surface area contributed by atoms with Crippen molar-refractivity contribution in [3.63, 3.8) is 0 Å². The van der Waals surface area contributed by atoms with E-state index in [9.17, 15) is 4.79 Å². The first-order chi connectivity index (χ1) is 15.3. The Hall–Kier alpha value is -2.91. The third-order valence-corrected chi connectivity index (χ3v) is 5.53. The van der Waals surface area contributed by atoms with E-state index in [1.807, 2.05) is 36.5 Å². The quantitative estimate of drug-likeness (QED) is 0.480. The second-order valence-electron chi connectivity index (χ2n) is 7.61. The molecule has 174 valence electrons. The van der Waals surface area contributed by atoms with Crippen LogP contribution in [0.2, 0.25) is 0 Å². The molecule has 1 amide bonds. The number of carbonyl (C=O) groups excluding carboxylic acids is 1. The maximum atomic E-state index is 12.6. The van der Waals surface area contributed by atoms with Gasteiger partial charge in [-0.15, -0.1) is 24.8 Å². The van der Waals surface area contributed by atoms with Crippen molar-refractivity contribution < 1.29 is 9.53 Å². The molecule has 0 spiro atoms. The lowest BCUT2D eigenvalue weighted by atomic mass is 10.1. The fraction of sp³-hybridized carbons (Fsp3) is 0.261. The van der Waals surface area contributed by atoms with Gasteiger partial charge in [-0.2, -0.15) is 0 Å². The first kappa shape index (κ1) is 24.7. The Kier molecular flexibility index (Phi) is 8.46. The molecule has 1 fully saturated rings. The van der Waals surface area contributed by atoms with Crippen molar-refractivity contribution in [2.24, 2.45) is 4.99 Å². The normalized spacial score (nSPS) is 18.2. The van der Waals surface area contributed by atoms with Gasteiger partial charge in [0.1, 0.15) is 11.3 Å². The number of pyridine rings is 1. The van der Waals surface area contributed by atoms with Crippen molar-refractivity contribution in [3.05, 3.63) is 71.7 Å². The van der Waals surface area contributed by atoms with Gasteiger partial charge in [-0.1, -0.05) is 30.3 Å². The number of aromatic nitrogens is 2. The molecule has 33 heavy (non-hydrogen) atoms. The second-order valence-corrected chi connectivity index (χ2v) is 7.61. The summed E-state index contributed by atoms with van der Waals surface area (Å²) in [5.74, 6) is 0.246. The van der Waals surface area contributed by atoms with Gasteiger partial charge in [-0.25, -0.2) is 9.98 Å².